The van der Waals surface area contributed by atoms with Gasteiger partial charge in [-0.1, -0.05) is 130 Å². The number of Topliss-reactive ketones (excluding diaryl/α,β-unsaturated/α-hetero) is 1. The predicted octanol–water partition coefficient (Wildman–Crippen LogP) is 6.51. The van der Waals surface area contributed by atoms with Crippen LogP contribution >= 0.6 is 11.8 Å². The summed E-state index contributed by atoms with van der Waals surface area (Å²) in [7, 11) is -0.636. The number of rotatable bonds is 8. The summed E-state index contributed by atoms with van der Waals surface area (Å²) in [5, 5.41) is 7.58. The third kappa shape index (κ3) is 4.63. The second kappa shape index (κ2) is 10.5. The molecule has 1 amide bonds. The first-order valence-corrected chi connectivity index (χ1v) is 17.4. The summed E-state index contributed by atoms with van der Waals surface area (Å²) in [6, 6.07) is 31.2. The van der Waals surface area contributed by atoms with Gasteiger partial charge in [-0.25, -0.2) is 0 Å². The fourth-order valence-corrected chi connectivity index (χ4v) is 10.2. The number of nitrogens with zero attached hydrogens (tertiary/aromatic N) is 4. The minimum absolute atomic E-state index is 0.100. The Hall–Kier alpha value is -3.49. The van der Waals surface area contributed by atoms with E-state index in [0.29, 0.717) is 0 Å². The van der Waals surface area contributed by atoms with Crippen LogP contribution in [-0.2, 0) is 16.6 Å². The van der Waals surface area contributed by atoms with E-state index in [2.05, 4.69) is 122 Å². The lowest BCUT2D eigenvalue weighted by molar-refractivity contribution is -0.140. The van der Waals surface area contributed by atoms with Crippen LogP contribution in [0.4, 0.5) is 0 Å². The molecule has 1 saturated heterocycles. The Kier molecular flexibility index (Phi) is 7.35. The van der Waals surface area contributed by atoms with Gasteiger partial charge in [-0.05, 0) is 21.7 Å². The third-order valence-corrected chi connectivity index (χ3v) is 15.8. The van der Waals surface area contributed by atoms with E-state index in [1.807, 2.05) is 18.2 Å². The fraction of sp³-hybridized carbons (Fsp3) is 0.312. The number of amides is 1. The van der Waals surface area contributed by atoms with Gasteiger partial charge in [-0.15, -0.1) is 16.9 Å². The highest BCUT2D eigenvalue weighted by Gasteiger charge is 2.62. The minimum atomic E-state index is -2.36. The molecule has 2 heterocycles. The lowest BCUT2D eigenvalue weighted by atomic mass is 9.84. The average molecular weight is 569 g/mol. The number of aromatic nitrogens is 3. The highest BCUT2D eigenvalue weighted by molar-refractivity contribution is 8.01. The van der Waals surface area contributed by atoms with E-state index < -0.39 is 18.9 Å². The van der Waals surface area contributed by atoms with Crippen molar-refractivity contribution in [3.05, 3.63) is 120 Å². The van der Waals surface area contributed by atoms with E-state index in [4.69, 9.17) is 0 Å². The molecule has 0 saturated carbocycles. The smallest absolute Gasteiger partial charge is 0.229 e. The molecule has 6 nitrogen and oxygen atoms in total. The highest BCUT2D eigenvalue weighted by Crippen LogP contribution is 2.57. The van der Waals surface area contributed by atoms with Crippen LogP contribution in [0.25, 0.3) is 0 Å². The van der Waals surface area contributed by atoms with E-state index in [0.717, 1.165) is 16.7 Å². The van der Waals surface area contributed by atoms with Gasteiger partial charge in [0.2, 0.25) is 5.91 Å². The number of carbonyl (C=O) groups excluding carboxylic acids is 2. The summed E-state index contributed by atoms with van der Waals surface area (Å²) >= 11 is 1.69. The molecule has 0 aliphatic carbocycles. The Balaban J connectivity index is 1.73. The first-order chi connectivity index (χ1) is 19.0. The molecule has 4 aromatic rings. The molecule has 3 aromatic carbocycles. The van der Waals surface area contributed by atoms with Crippen molar-refractivity contribution in [3.63, 3.8) is 0 Å². The SMILES string of the molecule is Cn1cc(C(=O)C2C(=O)N([Si](C)(C)C(C)(C)C)C2SC(c2ccccc2)(c2ccccc2)c2ccccc2)nn1. The number of aryl methyl sites for hydroxylation is 1. The molecule has 0 N–H and O–H groups in total. The molecule has 0 spiro atoms. The van der Waals surface area contributed by atoms with Gasteiger partial charge in [0.05, 0.1) is 16.3 Å². The van der Waals surface area contributed by atoms with E-state index >= 15 is 0 Å². The molecule has 0 radical (unpaired) electrons. The van der Waals surface area contributed by atoms with Crippen LogP contribution in [0, 0.1) is 5.92 Å². The number of carbonyl (C=O) groups is 2. The normalized spacial score (nSPS) is 17.9. The third-order valence-electron chi connectivity index (χ3n) is 8.46. The molecule has 2 atom stereocenters. The Labute approximate surface area is 241 Å². The van der Waals surface area contributed by atoms with Crippen molar-refractivity contribution in [3.8, 4) is 0 Å². The second-order valence-corrected chi connectivity index (χ2v) is 18.4. The van der Waals surface area contributed by atoms with Crippen LogP contribution in [0.2, 0.25) is 18.1 Å². The van der Waals surface area contributed by atoms with E-state index in [1.165, 1.54) is 4.68 Å². The van der Waals surface area contributed by atoms with E-state index in [1.54, 1.807) is 25.0 Å². The molecule has 2 unspecified atom stereocenters. The monoisotopic (exact) mass is 568 g/mol. The first kappa shape index (κ1) is 28.1. The summed E-state index contributed by atoms with van der Waals surface area (Å²) in [5.41, 5.74) is 3.51. The summed E-state index contributed by atoms with van der Waals surface area (Å²) in [5.74, 6) is -1.22. The molecule has 8 heteroatoms. The van der Waals surface area contributed by atoms with Crippen molar-refractivity contribution in [2.75, 3.05) is 0 Å². The molecular weight excluding hydrogens is 533 g/mol. The minimum Gasteiger partial charge on any atom is -0.356 e. The topological polar surface area (TPSA) is 68.1 Å². The summed E-state index contributed by atoms with van der Waals surface area (Å²) < 4.78 is 2.91. The molecule has 1 aliphatic heterocycles. The van der Waals surface area contributed by atoms with E-state index in [9.17, 15) is 9.59 Å². The molecular formula is C32H36N4O2SSi. The van der Waals surface area contributed by atoms with Crippen molar-refractivity contribution < 1.29 is 9.59 Å². The van der Waals surface area contributed by atoms with Gasteiger partial charge in [0.25, 0.3) is 0 Å². The number of β-lactam (4-membered cyclic amide) rings is 1. The largest absolute Gasteiger partial charge is 0.356 e. The number of ketones is 1. The molecule has 5 rings (SSSR count). The van der Waals surface area contributed by atoms with Crippen LogP contribution in [0.5, 0.6) is 0 Å². The number of benzene rings is 3. The first-order valence-electron chi connectivity index (χ1n) is 13.6. The van der Waals surface area contributed by atoms with Crippen molar-refractivity contribution in [2.24, 2.45) is 13.0 Å². The summed E-state index contributed by atoms with van der Waals surface area (Å²) in [6.07, 6.45) is 1.60. The molecule has 0 bridgehead atoms. The quantitative estimate of drug-likeness (QED) is 0.0797. The van der Waals surface area contributed by atoms with Gasteiger partial charge in [0.15, 0.2) is 14.0 Å². The lowest BCUT2D eigenvalue weighted by Crippen LogP contribution is -2.73. The Morgan fingerprint density at radius 3 is 1.65 bits per heavy atom. The Morgan fingerprint density at radius 1 is 0.825 bits per heavy atom. The van der Waals surface area contributed by atoms with Crippen LogP contribution in [-0.4, -0.2) is 44.9 Å². The van der Waals surface area contributed by atoms with Gasteiger partial charge in [0, 0.05) is 7.05 Å². The predicted molar refractivity (Wildman–Crippen MR) is 163 cm³/mol. The van der Waals surface area contributed by atoms with E-state index in [-0.39, 0.29) is 27.8 Å². The molecule has 206 valence electrons. The van der Waals surface area contributed by atoms with Gasteiger partial charge in [-0.3, -0.25) is 14.3 Å². The molecule has 1 aliphatic rings. The van der Waals surface area contributed by atoms with Gasteiger partial charge in [0.1, 0.15) is 11.6 Å². The lowest BCUT2D eigenvalue weighted by Gasteiger charge is -2.59. The Morgan fingerprint density at radius 2 is 1.27 bits per heavy atom. The van der Waals surface area contributed by atoms with Gasteiger partial charge >= 0.3 is 0 Å². The summed E-state index contributed by atoms with van der Waals surface area (Å²) in [6.45, 7) is 11.1. The maximum atomic E-state index is 14.1. The standard InChI is InChI=1S/C32H36N4O2SSi/c1-31(2,3)40(5,6)36-29(38)27(28(37)26-22-35(4)34-33-26)30(36)39-32(23-16-10-7-11-17-23,24-18-12-8-13-19-24)25-20-14-9-15-21-25/h7-22,27,30H,1-6H3. The Bertz CT molecular complexity index is 1400. The van der Waals surface area contributed by atoms with Crippen LogP contribution < -0.4 is 0 Å². The van der Waals surface area contributed by atoms with Crippen LogP contribution in [0.3, 0.4) is 0 Å². The van der Waals surface area contributed by atoms with Crippen molar-refractivity contribution in [1.29, 1.82) is 0 Å². The second-order valence-electron chi connectivity index (χ2n) is 11.9. The van der Waals surface area contributed by atoms with Crippen LogP contribution in [0.1, 0.15) is 48.0 Å². The number of thioether (sulfide) groups is 1. The maximum absolute atomic E-state index is 14.1. The summed E-state index contributed by atoms with van der Waals surface area (Å²) in [4.78, 5) is 28.0. The van der Waals surface area contributed by atoms with Crippen LogP contribution in [0.15, 0.2) is 97.2 Å². The van der Waals surface area contributed by atoms with Gasteiger partial charge in [-0.2, -0.15) is 0 Å². The van der Waals surface area contributed by atoms with Crippen molar-refractivity contribution >= 4 is 31.7 Å². The zero-order valence-electron chi connectivity index (χ0n) is 23.9. The molecule has 1 aromatic heterocycles. The van der Waals surface area contributed by atoms with Crippen molar-refractivity contribution in [1.82, 2.24) is 19.6 Å². The maximum Gasteiger partial charge on any atom is 0.229 e. The molecule has 40 heavy (non-hydrogen) atoms. The van der Waals surface area contributed by atoms with Crippen molar-refractivity contribution in [2.45, 2.75) is 49.0 Å². The zero-order valence-corrected chi connectivity index (χ0v) is 25.7. The highest BCUT2D eigenvalue weighted by atomic mass is 32.2. The number of hydrogen-bond donors (Lipinski definition) is 0. The average Bonchev–Trinajstić information content (AvgIpc) is 3.38. The van der Waals surface area contributed by atoms with Gasteiger partial charge < -0.3 is 4.57 Å². The number of hydrogen-bond acceptors (Lipinski definition) is 5. The fourth-order valence-electron chi connectivity index (χ4n) is 5.30. The zero-order chi connectivity index (χ0) is 28.7. The molecule has 1 fully saturated rings.